The van der Waals surface area contributed by atoms with E-state index in [1.165, 1.54) is 6.07 Å². The van der Waals surface area contributed by atoms with Gasteiger partial charge >= 0.3 is 12.1 Å². The van der Waals surface area contributed by atoms with Gasteiger partial charge in [-0.2, -0.15) is 13.2 Å². The van der Waals surface area contributed by atoms with Crippen LogP contribution in [0.3, 0.4) is 0 Å². The Labute approximate surface area is 207 Å². The number of aliphatic carboxylic acids is 1. The van der Waals surface area contributed by atoms with Crippen molar-refractivity contribution in [3.05, 3.63) is 83.6 Å². The number of carbonyl (C=O) groups excluding carboxylic acids is 1. The first-order valence-corrected chi connectivity index (χ1v) is 11.5. The zero-order valence-electron chi connectivity index (χ0n) is 19.7. The molecule has 9 heteroatoms. The van der Waals surface area contributed by atoms with E-state index < -0.39 is 17.7 Å². The maximum atomic E-state index is 12.7. The quantitative estimate of drug-likeness (QED) is 0.357. The fraction of sp³-hybridized carbons (Fsp3) is 0.296. The summed E-state index contributed by atoms with van der Waals surface area (Å²) in [7, 11) is 0. The SMILES string of the molecule is CC(CCc1ccc(C(=O)NCCC(=O)O)cc1)COc1ccc(-c2ccc(C(F)(F)F)cn2)cc1. The highest BCUT2D eigenvalue weighted by atomic mass is 19.4. The van der Waals surface area contributed by atoms with E-state index in [4.69, 9.17) is 9.84 Å². The van der Waals surface area contributed by atoms with Gasteiger partial charge in [-0.15, -0.1) is 0 Å². The number of carboxylic acid groups (broad SMARTS) is 1. The topological polar surface area (TPSA) is 88.5 Å². The van der Waals surface area contributed by atoms with Gasteiger partial charge in [-0.1, -0.05) is 19.1 Å². The van der Waals surface area contributed by atoms with Crippen LogP contribution in [0.4, 0.5) is 13.2 Å². The van der Waals surface area contributed by atoms with Crippen LogP contribution in [-0.4, -0.2) is 35.1 Å². The number of benzene rings is 2. The zero-order valence-corrected chi connectivity index (χ0v) is 19.7. The molecule has 36 heavy (non-hydrogen) atoms. The molecule has 3 aromatic rings. The van der Waals surface area contributed by atoms with E-state index >= 15 is 0 Å². The van der Waals surface area contributed by atoms with E-state index in [-0.39, 0.29) is 24.8 Å². The first-order chi connectivity index (χ1) is 17.1. The van der Waals surface area contributed by atoms with Crippen molar-refractivity contribution >= 4 is 11.9 Å². The van der Waals surface area contributed by atoms with Crippen molar-refractivity contribution in [2.75, 3.05) is 13.2 Å². The van der Waals surface area contributed by atoms with Crippen molar-refractivity contribution in [3.63, 3.8) is 0 Å². The Hall–Kier alpha value is -3.88. The summed E-state index contributed by atoms with van der Waals surface area (Å²) >= 11 is 0. The number of aryl methyl sites for hydroxylation is 1. The number of hydrogen-bond acceptors (Lipinski definition) is 4. The number of carboxylic acids is 1. The predicted octanol–water partition coefficient (Wildman–Crippen LogP) is 5.62. The van der Waals surface area contributed by atoms with Crippen molar-refractivity contribution in [2.24, 2.45) is 5.92 Å². The molecule has 0 bridgehead atoms. The Balaban J connectivity index is 1.43. The standard InChI is InChI=1S/C27H27F3N2O4/c1-18(2-3-19-4-6-21(7-5-19)26(35)31-15-14-25(33)34)17-36-23-11-8-20(9-12-23)24-13-10-22(16-32-24)27(28,29)30/h4-13,16,18H,2-3,14-15,17H2,1H3,(H,31,35)(H,33,34). The van der Waals surface area contributed by atoms with Crippen molar-refractivity contribution in [1.82, 2.24) is 10.3 Å². The summed E-state index contributed by atoms with van der Waals surface area (Å²) < 4.78 is 43.9. The average molecular weight is 501 g/mol. The summed E-state index contributed by atoms with van der Waals surface area (Å²) in [6.45, 7) is 2.66. The van der Waals surface area contributed by atoms with Crippen molar-refractivity contribution in [3.8, 4) is 17.0 Å². The Bertz CT molecular complexity index is 1150. The third-order valence-corrected chi connectivity index (χ3v) is 5.54. The van der Waals surface area contributed by atoms with Crippen LogP contribution in [-0.2, 0) is 17.4 Å². The lowest BCUT2D eigenvalue weighted by molar-refractivity contribution is -0.138. The first kappa shape index (κ1) is 26.7. The first-order valence-electron chi connectivity index (χ1n) is 11.5. The molecule has 1 heterocycles. The highest BCUT2D eigenvalue weighted by molar-refractivity contribution is 5.94. The Morgan fingerprint density at radius 3 is 2.31 bits per heavy atom. The molecule has 2 N–H and O–H groups in total. The summed E-state index contributed by atoms with van der Waals surface area (Å²) in [5.41, 5.74) is 1.93. The van der Waals surface area contributed by atoms with E-state index in [0.29, 0.717) is 29.2 Å². The second-order valence-corrected chi connectivity index (χ2v) is 8.51. The molecule has 1 aromatic heterocycles. The number of alkyl halides is 3. The molecule has 0 aliphatic rings. The molecular formula is C27H27F3N2O4. The molecule has 0 fully saturated rings. The number of carbonyl (C=O) groups is 2. The van der Waals surface area contributed by atoms with E-state index in [2.05, 4.69) is 17.2 Å². The summed E-state index contributed by atoms with van der Waals surface area (Å²) in [6, 6.07) is 16.6. The molecule has 0 saturated carbocycles. The van der Waals surface area contributed by atoms with Gasteiger partial charge < -0.3 is 15.2 Å². The highest BCUT2D eigenvalue weighted by Gasteiger charge is 2.30. The lowest BCUT2D eigenvalue weighted by Crippen LogP contribution is -2.25. The van der Waals surface area contributed by atoms with Gasteiger partial charge in [-0.05, 0) is 72.9 Å². The molecule has 1 amide bonds. The summed E-state index contributed by atoms with van der Waals surface area (Å²) in [5, 5.41) is 11.2. The molecular weight excluding hydrogens is 473 g/mol. The Morgan fingerprint density at radius 2 is 1.72 bits per heavy atom. The lowest BCUT2D eigenvalue weighted by Gasteiger charge is -2.14. The maximum absolute atomic E-state index is 12.7. The van der Waals surface area contributed by atoms with Gasteiger partial charge in [0.05, 0.1) is 24.3 Å². The van der Waals surface area contributed by atoms with Crippen molar-refractivity contribution in [1.29, 1.82) is 0 Å². The number of aromatic nitrogens is 1. The summed E-state index contributed by atoms with van der Waals surface area (Å²) in [5.74, 6) is -0.336. The number of rotatable bonds is 11. The minimum absolute atomic E-state index is 0.0854. The molecule has 6 nitrogen and oxygen atoms in total. The number of ether oxygens (including phenoxy) is 1. The molecule has 0 spiro atoms. The Morgan fingerprint density at radius 1 is 1.03 bits per heavy atom. The molecule has 1 atom stereocenters. The maximum Gasteiger partial charge on any atom is 0.417 e. The minimum Gasteiger partial charge on any atom is -0.493 e. The fourth-order valence-electron chi connectivity index (χ4n) is 3.40. The van der Waals surface area contributed by atoms with E-state index in [1.807, 2.05) is 12.1 Å². The van der Waals surface area contributed by atoms with Crippen molar-refractivity contribution in [2.45, 2.75) is 32.4 Å². The Kier molecular flexibility index (Phi) is 9.05. The van der Waals surface area contributed by atoms with Gasteiger partial charge in [0.2, 0.25) is 0 Å². The fourth-order valence-corrected chi connectivity index (χ4v) is 3.40. The van der Waals surface area contributed by atoms with Crippen LogP contribution >= 0.6 is 0 Å². The number of halogens is 3. The lowest BCUT2D eigenvalue weighted by atomic mass is 10.0. The van der Waals surface area contributed by atoms with Crippen LogP contribution < -0.4 is 10.1 Å². The minimum atomic E-state index is -4.41. The van der Waals surface area contributed by atoms with Crippen LogP contribution in [0.25, 0.3) is 11.3 Å². The molecule has 0 aliphatic heterocycles. The molecule has 2 aromatic carbocycles. The van der Waals surface area contributed by atoms with Crippen LogP contribution in [0.2, 0.25) is 0 Å². The average Bonchev–Trinajstić information content (AvgIpc) is 2.86. The summed E-state index contributed by atoms with van der Waals surface area (Å²) in [4.78, 5) is 26.4. The van der Waals surface area contributed by atoms with Crippen LogP contribution in [0.15, 0.2) is 66.9 Å². The number of pyridine rings is 1. The van der Waals surface area contributed by atoms with Crippen molar-refractivity contribution < 1.29 is 32.6 Å². The molecule has 190 valence electrons. The smallest absolute Gasteiger partial charge is 0.417 e. The van der Waals surface area contributed by atoms with E-state index in [0.717, 1.165) is 30.7 Å². The van der Waals surface area contributed by atoms with Gasteiger partial charge in [0.25, 0.3) is 5.91 Å². The third kappa shape index (κ3) is 8.11. The number of amides is 1. The molecule has 0 saturated heterocycles. The number of nitrogens with zero attached hydrogens (tertiary/aromatic N) is 1. The van der Waals surface area contributed by atoms with Crippen LogP contribution in [0, 0.1) is 5.92 Å². The van der Waals surface area contributed by atoms with Gasteiger partial charge in [0.15, 0.2) is 0 Å². The molecule has 0 aliphatic carbocycles. The van der Waals surface area contributed by atoms with Gasteiger partial charge in [-0.25, -0.2) is 0 Å². The normalized spacial score (nSPS) is 12.1. The van der Waals surface area contributed by atoms with Gasteiger partial charge in [0, 0.05) is 23.9 Å². The number of hydrogen-bond donors (Lipinski definition) is 2. The monoisotopic (exact) mass is 500 g/mol. The van der Waals surface area contributed by atoms with Gasteiger partial charge in [0.1, 0.15) is 5.75 Å². The second kappa shape index (κ2) is 12.2. The highest BCUT2D eigenvalue weighted by Crippen LogP contribution is 2.30. The van der Waals surface area contributed by atoms with Gasteiger partial charge in [-0.3, -0.25) is 14.6 Å². The number of nitrogens with one attached hydrogen (secondary N) is 1. The van der Waals surface area contributed by atoms with E-state index in [1.54, 1.807) is 36.4 Å². The molecule has 3 rings (SSSR count). The molecule has 1 unspecified atom stereocenters. The predicted molar refractivity (Wildman–Crippen MR) is 129 cm³/mol. The second-order valence-electron chi connectivity index (χ2n) is 8.51. The third-order valence-electron chi connectivity index (χ3n) is 5.54. The molecule has 0 radical (unpaired) electrons. The van der Waals surface area contributed by atoms with Crippen LogP contribution in [0.1, 0.15) is 41.3 Å². The van der Waals surface area contributed by atoms with Crippen LogP contribution in [0.5, 0.6) is 5.75 Å². The summed E-state index contributed by atoms with van der Waals surface area (Å²) in [6.07, 6.45) is -2.03. The van der Waals surface area contributed by atoms with E-state index in [9.17, 15) is 22.8 Å². The largest absolute Gasteiger partial charge is 0.493 e. The zero-order chi connectivity index (χ0) is 26.1.